The highest BCUT2D eigenvalue weighted by molar-refractivity contribution is 7.91. The van der Waals surface area contributed by atoms with E-state index >= 15 is 0 Å². The first-order valence-electron chi connectivity index (χ1n) is 16.1. The average Bonchev–Trinajstić information content (AvgIpc) is 3.49. The predicted octanol–water partition coefficient (Wildman–Crippen LogP) is 5.12. The van der Waals surface area contributed by atoms with E-state index in [1.54, 1.807) is 16.8 Å². The molecule has 1 aliphatic rings. The maximum absolute atomic E-state index is 12.4. The SMILES string of the molecule is CC(C)c1cnn2c(NCc3ccccc3-c3nccc4cc(NC(=O)/C=C/CN(C)C)ccc34)nc(NC3CCS(=O)(=O)CC3)nc12. The molecule has 1 saturated heterocycles. The van der Waals surface area contributed by atoms with Crippen molar-refractivity contribution in [1.29, 1.82) is 0 Å². The third-order valence-corrected chi connectivity index (χ3v) is 10.1. The number of anilines is 3. The monoisotopic (exact) mass is 667 g/mol. The van der Waals surface area contributed by atoms with Crippen molar-refractivity contribution in [2.45, 2.75) is 45.2 Å². The van der Waals surface area contributed by atoms with Gasteiger partial charge in [0.25, 0.3) is 0 Å². The summed E-state index contributed by atoms with van der Waals surface area (Å²) < 4.78 is 25.7. The third kappa shape index (κ3) is 7.63. The topological polar surface area (TPSA) is 147 Å². The van der Waals surface area contributed by atoms with Crippen LogP contribution in [0.15, 0.2) is 73.1 Å². The minimum atomic E-state index is -2.99. The number of nitrogens with zero attached hydrogens (tertiary/aromatic N) is 6. The number of carbonyl (C=O) groups excluding carboxylic acids is 1. The molecular formula is C35H41N9O3S. The molecule has 1 aliphatic heterocycles. The van der Waals surface area contributed by atoms with Gasteiger partial charge in [-0.15, -0.1) is 0 Å². The summed E-state index contributed by atoms with van der Waals surface area (Å²) in [5.41, 5.74) is 5.22. The number of benzene rings is 2. The van der Waals surface area contributed by atoms with E-state index in [9.17, 15) is 13.2 Å². The van der Waals surface area contributed by atoms with Crippen LogP contribution in [0.25, 0.3) is 27.7 Å². The van der Waals surface area contributed by atoms with Crippen molar-refractivity contribution < 1.29 is 13.2 Å². The number of carbonyl (C=O) groups is 1. The molecule has 13 heteroatoms. The highest BCUT2D eigenvalue weighted by atomic mass is 32.2. The Morgan fingerprint density at radius 1 is 1.08 bits per heavy atom. The summed E-state index contributed by atoms with van der Waals surface area (Å²) in [6.45, 7) is 5.31. The van der Waals surface area contributed by atoms with Crippen LogP contribution in [-0.4, -0.2) is 82.0 Å². The predicted molar refractivity (Wildman–Crippen MR) is 191 cm³/mol. The largest absolute Gasteiger partial charge is 0.351 e. The van der Waals surface area contributed by atoms with Crippen molar-refractivity contribution in [3.63, 3.8) is 0 Å². The summed E-state index contributed by atoms with van der Waals surface area (Å²) in [6, 6.07) is 15.8. The highest BCUT2D eigenvalue weighted by Gasteiger charge is 2.25. The Morgan fingerprint density at radius 3 is 2.65 bits per heavy atom. The van der Waals surface area contributed by atoms with Gasteiger partial charge in [-0.05, 0) is 62.0 Å². The zero-order chi connectivity index (χ0) is 33.8. The Hall–Kier alpha value is -4.88. The van der Waals surface area contributed by atoms with Crippen LogP contribution in [0, 0.1) is 0 Å². The van der Waals surface area contributed by atoms with Gasteiger partial charge in [0.05, 0.1) is 23.4 Å². The number of hydrogen-bond donors (Lipinski definition) is 3. The first-order valence-corrected chi connectivity index (χ1v) is 17.9. The molecule has 0 unspecified atom stereocenters. The fourth-order valence-electron chi connectivity index (χ4n) is 5.80. The second-order valence-corrected chi connectivity index (χ2v) is 15.0. The molecular weight excluding hydrogens is 627 g/mol. The molecule has 12 nitrogen and oxygen atoms in total. The summed E-state index contributed by atoms with van der Waals surface area (Å²) in [5.74, 6) is 1.31. The number of pyridine rings is 1. The molecule has 48 heavy (non-hydrogen) atoms. The summed E-state index contributed by atoms with van der Waals surface area (Å²) in [5, 5.41) is 16.3. The molecule has 6 rings (SSSR count). The van der Waals surface area contributed by atoms with Crippen molar-refractivity contribution in [2.75, 3.05) is 48.1 Å². The molecule has 5 aromatic rings. The number of amides is 1. The molecule has 0 aliphatic carbocycles. The standard InChI is InChI=1S/C35H41N9O3S/c1-23(2)30-22-38-44-33(30)41-34(40-26-14-18-48(46,47)19-15-26)42-35(44)37-21-25-8-5-6-9-28(25)32-29-12-11-27(20-24(29)13-16-36-32)39-31(45)10-7-17-43(3)4/h5-13,16,20,22-23,26H,14-15,17-19,21H2,1-4H3,(H,39,45)(H2,37,40,41,42)/b10-7+. The van der Waals surface area contributed by atoms with E-state index in [2.05, 4.69) is 47.0 Å². The van der Waals surface area contributed by atoms with Gasteiger partial charge in [0, 0.05) is 53.6 Å². The highest BCUT2D eigenvalue weighted by Crippen LogP contribution is 2.31. The smallest absolute Gasteiger partial charge is 0.248 e. The van der Waals surface area contributed by atoms with Gasteiger partial charge in [-0.2, -0.15) is 19.6 Å². The second-order valence-electron chi connectivity index (χ2n) is 12.7. The molecule has 0 saturated carbocycles. The number of likely N-dealkylation sites (N-methyl/N-ethyl adjacent to an activating group) is 1. The molecule has 2 aromatic carbocycles. The summed E-state index contributed by atoms with van der Waals surface area (Å²) in [4.78, 5) is 28.8. The lowest BCUT2D eigenvalue weighted by atomic mass is 9.99. The van der Waals surface area contributed by atoms with E-state index in [4.69, 9.17) is 15.0 Å². The van der Waals surface area contributed by atoms with Crippen molar-refractivity contribution in [2.24, 2.45) is 0 Å². The quantitative estimate of drug-likeness (QED) is 0.162. The number of hydrogen-bond acceptors (Lipinski definition) is 10. The number of fused-ring (bicyclic) bond motifs is 2. The van der Waals surface area contributed by atoms with Crippen LogP contribution in [0.5, 0.6) is 0 Å². The number of sulfone groups is 1. The fraction of sp³-hybridized carbons (Fsp3) is 0.343. The van der Waals surface area contributed by atoms with Gasteiger partial charge in [0.2, 0.25) is 17.8 Å². The van der Waals surface area contributed by atoms with E-state index in [1.807, 2.05) is 67.7 Å². The van der Waals surface area contributed by atoms with Crippen molar-refractivity contribution >= 4 is 49.7 Å². The third-order valence-electron chi connectivity index (χ3n) is 8.39. The molecule has 1 amide bonds. The van der Waals surface area contributed by atoms with Crippen LogP contribution in [0.2, 0.25) is 0 Å². The molecule has 4 heterocycles. The van der Waals surface area contributed by atoms with Gasteiger partial charge >= 0.3 is 0 Å². The fourth-order valence-corrected chi connectivity index (χ4v) is 7.29. The average molecular weight is 668 g/mol. The first-order chi connectivity index (χ1) is 23.1. The molecule has 0 atom stereocenters. The van der Waals surface area contributed by atoms with E-state index in [0.29, 0.717) is 49.2 Å². The first kappa shape index (κ1) is 33.0. The summed E-state index contributed by atoms with van der Waals surface area (Å²) in [7, 11) is 0.917. The van der Waals surface area contributed by atoms with Gasteiger partial charge in [-0.1, -0.05) is 50.3 Å². The molecule has 0 bridgehead atoms. The van der Waals surface area contributed by atoms with E-state index < -0.39 is 9.84 Å². The summed E-state index contributed by atoms with van der Waals surface area (Å²) in [6.07, 6.45) is 8.01. The van der Waals surface area contributed by atoms with Crippen LogP contribution >= 0.6 is 0 Å². The number of nitrogens with one attached hydrogen (secondary N) is 3. The lowest BCUT2D eigenvalue weighted by Crippen LogP contribution is -2.32. The molecule has 0 spiro atoms. The number of rotatable bonds is 11. The Bertz CT molecular complexity index is 2080. The minimum Gasteiger partial charge on any atom is -0.351 e. The van der Waals surface area contributed by atoms with Gasteiger partial charge in [-0.3, -0.25) is 9.78 Å². The normalized spacial score (nSPS) is 15.1. The molecule has 0 radical (unpaired) electrons. The second kappa shape index (κ2) is 14.1. The summed E-state index contributed by atoms with van der Waals surface area (Å²) >= 11 is 0. The van der Waals surface area contributed by atoms with Crippen LogP contribution in [0.3, 0.4) is 0 Å². The zero-order valence-corrected chi connectivity index (χ0v) is 28.5. The zero-order valence-electron chi connectivity index (χ0n) is 27.6. The molecule has 3 N–H and O–H groups in total. The Balaban J connectivity index is 1.26. The van der Waals surface area contributed by atoms with Crippen molar-refractivity contribution in [1.82, 2.24) is 29.5 Å². The minimum absolute atomic E-state index is 0.0271. The molecule has 250 valence electrons. The van der Waals surface area contributed by atoms with Gasteiger partial charge in [-0.25, -0.2) is 8.42 Å². The molecule has 1 fully saturated rings. The van der Waals surface area contributed by atoms with Gasteiger partial charge in [0.15, 0.2) is 5.65 Å². The van der Waals surface area contributed by atoms with E-state index in [-0.39, 0.29) is 29.4 Å². The Labute approximate surface area is 280 Å². The van der Waals surface area contributed by atoms with E-state index in [0.717, 1.165) is 33.2 Å². The van der Waals surface area contributed by atoms with Crippen LogP contribution in [0.1, 0.15) is 43.7 Å². The van der Waals surface area contributed by atoms with Crippen LogP contribution in [-0.2, 0) is 21.2 Å². The van der Waals surface area contributed by atoms with E-state index in [1.165, 1.54) is 0 Å². The Kier molecular flexibility index (Phi) is 9.69. The van der Waals surface area contributed by atoms with Crippen molar-refractivity contribution in [3.05, 3.63) is 84.2 Å². The lowest BCUT2D eigenvalue weighted by Gasteiger charge is -2.23. The van der Waals surface area contributed by atoms with Crippen LogP contribution in [0.4, 0.5) is 17.6 Å². The number of aromatic nitrogens is 5. The van der Waals surface area contributed by atoms with Crippen LogP contribution < -0.4 is 16.0 Å². The van der Waals surface area contributed by atoms with Gasteiger partial charge < -0.3 is 20.9 Å². The maximum atomic E-state index is 12.4. The molecule has 3 aromatic heterocycles. The van der Waals surface area contributed by atoms with Crippen molar-refractivity contribution in [3.8, 4) is 11.3 Å². The lowest BCUT2D eigenvalue weighted by molar-refractivity contribution is -0.111. The Morgan fingerprint density at radius 2 is 1.88 bits per heavy atom. The van der Waals surface area contributed by atoms with Gasteiger partial charge in [0.1, 0.15) is 9.84 Å². The maximum Gasteiger partial charge on any atom is 0.248 e.